The summed E-state index contributed by atoms with van der Waals surface area (Å²) in [6.07, 6.45) is 3.11. The Balaban J connectivity index is 2.72. The highest BCUT2D eigenvalue weighted by molar-refractivity contribution is 7.90. The molecule has 8 heteroatoms. The maximum Gasteiger partial charge on any atom is 0.303 e. The van der Waals surface area contributed by atoms with Gasteiger partial charge >= 0.3 is 10.2 Å². The number of hydrogen-bond acceptors (Lipinski definition) is 4. The van der Waals surface area contributed by atoms with Crippen LogP contribution in [0.4, 0.5) is 5.95 Å². The first-order chi connectivity index (χ1) is 7.95. The number of anilines is 1. The van der Waals surface area contributed by atoms with Crippen LogP contribution in [0.25, 0.3) is 0 Å². The van der Waals surface area contributed by atoms with E-state index in [1.807, 2.05) is 6.92 Å². The minimum Gasteiger partial charge on any atom is -0.238 e. The molecule has 0 saturated carbocycles. The van der Waals surface area contributed by atoms with Crippen molar-refractivity contribution < 1.29 is 8.42 Å². The lowest BCUT2D eigenvalue weighted by molar-refractivity contribution is 0.463. The predicted octanol–water partition coefficient (Wildman–Crippen LogP) is 1.52. The van der Waals surface area contributed by atoms with Crippen molar-refractivity contribution >= 4 is 27.8 Å². The van der Waals surface area contributed by atoms with Gasteiger partial charge in [-0.1, -0.05) is 24.9 Å². The standard InChI is InChI=1S/C9H15ClN4O2S/c1-3-4-7-14(2)17(15,16)13-9-11-6-5-8(10)12-9/h5-6H,3-4,7H2,1-2H3,(H,11,12,13). The molecule has 0 saturated heterocycles. The van der Waals surface area contributed by atoms with Gasteiger partial charge in [0.25, 0.3) is 0 Å². The predicted molar refractivity (Wildman–Crippen MR) is 67.1 cm³/mol. The second-order valence-corrected chi connectivity index (χ2v) is 5.65. The van der Waals surface area contributed by atoms with Gasteiger partial charge in [-0.3, -0.25) is 0 Å². The van der Waals surface area contributed by atoms with Crippen LogP contribution in [0.1, 0.15) is 19.8 Å². The molecule has 0 aliphatic carbocycles. The lowest BCUT2D eigenvalue weighted by Gasteiger charge is -2.16. The average Bonchev–Trinajstić information content (AvgIpc) is 2.25. The summed E-state index contributed by atoms with van der Waals surface area (Å²) in [5.74, 6) is -0.0270. The third-order valence-corrected chi connectivity index (χ3v) is 3.73. The van der Waals surface area contributed by atoms with E-state index in [4.69, 9.17) is 11.6 Å². The van der Waals surface area contributed by atoms with Crippen molar-refractivity contribution in [2.45, 2.75) is 19.8 Å². The van der Waals surface area contributed by atoms with Crippen LogP contribution in [0.3, 0.4) is 0 Å². The molecular weight excluding hydrogens is 264 g/mol. The fourth-order valence-electron chi connectivity index (χ4n) is 1.08. The Morgan fingerprint density at radius 2 is 2.24 bits per heavy atom. The number of nitrogens with one attached hydrogen (secondary N) is 1. The Morgan fingerprint density at radius 1 is 1.53 bits per heavy atom. The van der Waals surface area contributed by atoms with Gasteiger partial charge < -0.3 is 0 Å². The molecule has 1 heterocycles. The van der Waals surface area contributed by atoms with Crippen molar-refractivity contribution in [3.63, 3.8) is 0 Å². The third kappa shape index (κ3) is 4.45. The second kappa shape index (κ2) is 6.13. The molecule has 0 bridgehead atoms. The lowest BCUT2D eigenvalue weighted by atomic mass is 10.3. The summed E-state index contributed by atoms with van der Waals surface area (Å²) in [4.78, 5) is 7.53. The Bertz CT molecular complexity index is 466. The highest BCUT2D eigenvalue weighted by atomic mass is 35.5. The van der Waals surface area contributed by atoms with E-state index in [0.717, 1.165) is 12.8 Å². The van der Waals surface area contributed by atoms with Crippen molar-refractivity contribution in [3.8, 4) is 0 Å². The van der Waals surface area contributed by atoms with Crippen LogP contribution >= 0.6 is 11.6 Å². The normalized spacial score (nSPS) is 11.8. The molecule has 0 atom stereocenters. The Morgan fingerprint density at radius 3 is 2.82 bits per heavy atom. The van der Waals surface area contributed by atoms with Crippen molar-refractivity contribution in [2.24, 2.45) is 0 Å². The molecular formula is C9H15ClN4O2S. The third-order valence-electron chi connectivity index (χ3n) is 2.08. The van der Waals surface area contributed by atoms with Crippen LogP contribution in [0.15, 0.2) is 12.3 Å². The van der Waals surface area contributed by atoms with Crippen LogP contribution in [-0.2, 0) is 10.2 Å². The highest BCUT2D eigenvalue weighted by Crippen LogP contribution is 2.09. The van der Waals surface area contributed by atoms with Crippen molar-refractivity contribution in [1.29, 1.82) is 0 Å². The molecule has 1 rings (SSSR count). The molecule has 96 valence electrons. The van der Waals surface area contributed by atoms with Gasteiger partial charge in [0.2, 0.25) is 5.95 Å². The number of halogens is 1. The molecule has 0 unspecified atom stereocenters. The average molecular weight is 279 g/mol. The summed E-state index contributed by atoms with van der Waals surface area (Å²) >= 11 is 5.64. The monoisotopic (exact) mass is 278 g/mol. The fraction of sp³-hybridized carbons (Fsp3) is 0.556. The number of nitrogens with zero attached hydrogens (tertiary/aromatic N) is 3. The minimum atomic E-state index is -3.60. The van der Waals surface area contributed by atoms with Gasteiger partial charge in [-0.15, -0.1) is 0 Å². The summed E-state index contributed by atoms with van der Waals surface area (Å²) in [5, 5.41) is 0.189. The van der Waals surface area contributed by atoms with Crippen molar-refractivity contribution in [2.75, 3.05) is 18.3 Å². The Hall–Kier alpha value is -0.920. The number of aromatic nitrogens is 2. The summed E-state index contributed by atoms with van der Waals surface area (Å²) in [6, 6.07) is 1.47. The molecule has 0 spiro atoms. The minimum absolute atomic E-state index is 0.0270. The molecule has 0 aliphatic rings. The topological polar surface area (TPSA) is 75.2 Å². The molecule has 1 aromatic rings. The molecule has 1 aromatic heterocycles. The van der Waals surface area contributed by atoms with Crippen LogP contribution in [0.2, 0.25) is 5.15 Å². The van der Waals surface area contributed by atoms with Crippen LogP contribution in [0.5, 0.6) is 0 Å². The van der Waals surface area contributed by atoms with E-state index in [-0.39, 0.29) is 11.1 Å². The van der Waals surface area contributed by atoms with E-state index >= 15 is 0 Å². The molecule has 0 aliphatic heterocycles. The smallest absolute Gasteiger partial charge is 0.238 e. The summed E-state index contributed by atoms with van der Waals surface area (Å²) in [5.41, 5.74) is 0. The van der Waals surface area contributed by atoms with Gasteiger partial charge in [-0.05, 0) is 12.5 Å². The zero-order valence-corrected chi connectivity index (χ0v) is 11.3. The van der Waals surface area contributed by atoms with E-state index < -0.39 is 10.2 Å². The number of unbranched alkanes of at least 4 members (excludes halogenated alkanes) is 1. The fourth-order valence-corrected chi connectivity index (χ4v) is 2.07. The summed E-state index contributed by atoms with van der Waals surface area (Å²) < 4.78 is 27.1. The van der Waals surface area contributed by atoms with E-state index in [1.54, 1.807) is 0 Å². The van der Waals surface area contributed by atoms with E-state index in [2.05, 4.69) is 14.7 Å². The zero-order valence-electron chi connectivity index (χ0n) is 9.72. The van der Waals surface area contributed by atoms with Gasteiger partial charge in [0.1, 0.15) is 5.15 Å². The maximum atomic E-state index is 11.8. The highest BCUT2D eigenvalue weighted by Gasteiger charge is 2.18. The zero-order chi connectivity index (χ0) is 12.9. The second-order valence-electron chi connectivity index (χ2n) is 3.49. The van der Waals surface area contributed by atoms with E-state index in [9.17, 15) is 8.42 Å². The molecule has 0 radical (unpaired) electrons. The maximum absolute atomic E-state index is 11.8. The van der Waals surface area contributed by atoms with E-state index in [0.29, 0.717) is 6.54 Å². The van der Waals surface area contributed by atoms with Crippen LogP contribution in [-0.4, -0.2) is 36.3 Å². The van der Waals surface area contributed by atoms with Gasteiger partial charge in [0, 0.05) is 19.8 Å². The molecule has 6 nitrogen and oxygen atoms in total. The quantitative estimate of drug-likeness (QED) is 0.801. The van der Waals surface area contributed by atoms with Crippen LogP contribution < -0.4 is 4.72 Å². The molecule has 0 amide bonds. The summed E-state index contributed by atoms with van der Waals surface area (Å²) in [6.45, 7) is 2.44. The van der Waals surface area contributed by atoms with E-state index in [1.165, 1.54) is 23.6 Å². The lowest BCUT2D eigenvalue weighted by Crippen LogP contribution is -2.33. The first-order valence-electron chi connectivity index (χ1n) is 5.18. The van der Waals surface area contributed by atoms with Crippen molar-refractivity contribution in [3.05, 3.63) is 17.4 Å². The molecule has 17 heavy (non-hydrogen) atoms. The number of hydrogen-bond donors (Lipinski definition) is 1. The van der Waals surface area contributed by atoms with Gasteiger partial charge in [0.05, 0.1) is 0 Å². The Labute approximate surface area is 106 Å². The van der Waals surface area contributed by atoms with Gasteiger partial charge in [-0.25, -0.2) is 14.7 Å². The van der Waals surface area contributed by atoms with Gasteiger partial charge in [0.15, 0.2) is 0 Å². The first kappa shape index (κ1) is 14.1. The molecule has 0 fully saturated rings. The summed E-state index contributed by atoms with van der Waals surface area (Å²) in [7, 11) is -2.10. The van der Waals surface area contributed by atoms with Crippen molar-refractivity contribution in [1.82, 2.24) is 14.3 Å². The van der Waals surface area contributed by atoms with Crippen LogP contribution in [0, 0.1) is 0 Å². The SMILES string of the molecule is CCCCN(C)S(=O)(=O)Nc1nccc(Cl)n1. The Kier molecular flexibility index (Phi) is 5.10. The van der Waals surface area contributed by atoms with Gasteiger partial charge in [-0.2, -0.15) is 12.7 Å². The largest absolute Gasteiger partial charge is 0.303 e. The molecule has 0 aromatic carbocycles. The number of rotatable bonds is 6. The molecule has 1 N–H and O–H groups in total. The first-order valence-corrected chi connectivity index (χ1v) is 7.00.